The number of nitrogens with zero attached hydrogens (tertiary/aromatic N) is 1. The SMILES string of the molecule is CCCCc1ccc2c3c(C(N)=O)cccc3n(Cc3cccc(C)c3)c2c1. The van der Waals surface area contributed by atoms with Crippen LogP contribution in [0.3, 0.4) is 0 Å². The molecule has 0 atom stereocenters. The Hall–Kier alpha value is -3.07. The second-order valence-electron chi connectivity index (χ2n) is 7.59. The van der Waals surface area contributed by atoms with Crippen LogP contribution in [0.1, 0.15) is 46.8 Å². The van der Waals surface area contributed by atoms with Crippen molar-refractivity contribution in [1.82, 2.24) is 4.57 Å². The van der Waals surface area contributed by atoms with Crippen molar-refractivity contribution in [3.63, 3.8) is 0 Å². The van der Waals surface area contributed by atoms with E-state index >= 15 is 0 Å². The second-order valence-corrected chi connectivity index (χ2v) is 7.59. The highest BCUT2D eigenvalue weighted by Gasteiger charge is 2.17. The van der Waals surface area contributed by atoms with Gasteiger partial charge in [0.05, 0.1) is 5.52 Å². The van der Waals surface area contributed by atoms with Crippen molar-refractivity contribution in [2.45, 2.75) is 39.7 Å². The molecule has 0 fully saturated rings. The highest BCUT2D eigenvalue weighted by atomic mass is 16.1. The van der Waals surface area contributed by atoms with Crippen molar-refractivity contribution in [3.8, 4) is 0 Å². The minimum Gasteiger partial charge on any atom is -0.366 e. The molecule has 1 aromatic heterocycles. The summed E-state index contributed by atoms with van der Waals surface area (Å²) in [6.45, 7) is 5.09. The van der Waals surface area contributed by atoms with E-state index in [-0.39, 0.29) is 5.91 Å². The van der Waals surface area contributed by atoms with Crippen molar-refractivity contribution in [2.24, 2.45) is 5.73 Å². The average Bonchev–Trinajstić information content (AvgIpc) is 2.99. The van der Waals surface area contributed by atoms with Gasteiger partial charge >= 0.3 is 0 Å². The highest BCUT2D eigenvalue weighted by Crippen LogP contribution is 2.33. The summed E-state index contributed by atoms with van der Waals surface area (Å²) in [4.78, 5) is 12.1. The molecule has 0 saturated carbocycles. The van der Waals surface area contributed by atoms with Crippen LogP contribution in [0, 0.1) is 6.92 Å². The zero-order valence-corrected chi connectivity index (χ0v) is 16.5. The molecule has 4 aromatic rings. The zero-order valence-electron chi connectivity index (χ0n) is 16.5. The molecule has 0 saturated heterocycles. The van der Waals surface area contributed by atoms with E-state index in [1.54, 1.807) is 0 Å². The van der Waals surface area contributed by atoms with Gasteiger partial charge in [-0.2, -0.15) is 0 Å². The maximum atomic E-state index is 12.1. The van der Waals surface area contributed by atoms with E-state index in [1.807, 2.05) is 12.1 Å². The van der Waals surface area contributed by atoms with Crippen LogP contribution in [0.15, 0.2) is 60.7 Å². The van der Waals surface area contributed by atoms with Gasteiger partial charge < -0.3 is 10.3 Å². The monoisotopic (exact) mass is 370 g/mol. The summed E-state index contributed by atoms with van der Waals surface area (Å²) >= 11 is 0. The van der Waals surface area contributed by atoms with Gasteiger partial charge in [0.2, 0.25) is 5.91 Å². The summed E-state index contributed by atoms with van der Waals surface area (Å²) in [5, 5.41) is 2.05. The molecule has 1 amide bonds. The van der Waals surface area contributed by atoms with E-state index in [2.05, 4.69) is 66.9 Å². The Labute approximate surface area is 165 Å². The van der Waals surface area contributed by atoms with E-state index in [4.69, 9.17) is 5.73 Å². The van der Waals surface area contributed by atoms with E-state index in [9.17, 15) is 4.79 Å². The molecular formula is C25H26N2O. The Morgan fingerprint density at radius 2 is 1.79 bits per heavy atom. The number of primary amides is 1. The molecule has 142 valence electrons. The maximum absolute atomic E-state index is 12.1. The van der Waals surface area contributed by atoms with Crippen LogP contribution in [-0.2, 0) is 13.0 Å². The van der Waals surface area contributed by atoms with Gasteiger partial charge in [-0.15, -0.1) is 0 Å². The van der Waals surface area contributed by atoms with Crippen LogP contribution >= 0.6 is 0 Å². The van der Waals surface area contributed by atoms with Gasteiger partial charge in [-0.1, -0.05) is 61.4 Å². The normalized spacial score (nSPS) is 11.4. The van der Waals surface area contributed by atoms with Crippen molar-refractivity contribution >= 4 is 27.7 Å². The predicted molar refractivity (Wildman–Crippen MR) is 117 cm³/mol. The van der Waals surface area contributed by atoms with Crippen molar-refractivity contribution in [2.75, 3.05) is 0 Å². The van der Waals surface area contributed by atoms with Gasteiger partial charge in [-0.05, 0) is 49.1 Å². The summed E-state index contributed by atoms with van der Waals surface area (Å²) in [6, 6.07) is 21.0. The standard InChI is InChI=1S/C25H26N2O/c1-3-4-8-18-12-13-20-23(15-18)27(16-19-9-5-7-17(2)14-19)22-11-6-10-21(24(20)22)25(26)28/h5-7,9-15H,3-4,8,16H2,1-2H3,(H2,26,28). The lowest BCUT2D eigenvalue weighted by atomic mass is 10.0. The minimum atomic E-state index is -0.379. The third-order valence-corrected chi connectivity index (χ3v) is 5.46. The van der Waals surface area contributed by atoms with Crippen LogP contribution in [0.5, 0.6) is 0 Å². The number of benzene rings is 3. The predicted octanol–water partition coefficient (Wildman–Crippen LogP) is 5.59. The summed E-state index contributed by atoms with van der Waals surface area (Å²) in [6.07, 6.45) is 3.42. The Kier molecular flexibility index (Phi) is 4.91. The quantitative estimate of drug-likeness (QED) is 0.472. The smallest absolute Gasteiger partial charge is 0.249 e. The van der Waals surface area contributed by atoms with Crippen LogP contribution in [0.4, 0.5) is 0 Å². The molecule has 1 heterocycles. The molecule has 0 aliphatic carbocycles. The summed E-state index contributed by atoms with van der Waals surface area (Å²) in [5.74, 6) is -0.379. The summed E-state index contributed by atoms with van der Waals surface area (Å²) < 4.78 is 2.32. The molecule has 0 unspecified atom stereocenters. The molecule has 3 nitrogen and oxygen atoms in total. The number of nitrogens with two attached hydrogens (primary N) is 1. The molecule has 3 aromatic carbocycles. The van der Waals surface area contributed by atoms with E-state index in [1.165, 1.54) is 35.0 Å². The Morgan fingerprint density at radius 3 is 2.54 bits per heavy atom. The first kappa shape index (κ1) is 18.3. The molecule has 0 spiro atoms. The first-order valence-electron chi connectivity index (χ1n) is 9.97. The molecule has 0 aliphatic heterocycles. The van der Waals surface area contributed by atoms with Gasteiger partial charge in [0.25, 0.3) is 0 Å². The molecule has 0 aliphatic rings. The van der Waals surface area contributed by atoms with Gasteiger partial charge in [0.1, 0.15) is 0 Å². The van der Waals surface area contributed by atoms with Gasteiger partial charge in [-0.25, -0.2) is 0 Å². The second kappa shape index (κ2) is 7.51. The van der Waals surface area contributed by atoms with Crippen molar-refractivity contribution in [3.05, 3.63) is 82.9 Å². The number of fused-ring (bicyclic) bond motifs is 3. The number of rotatable bonds is 6. The van der Waals surface area contributed by atoms with Gasteiger partial charge in [-0.3, -0.25) is 4.79 Å². The Bertz CT molecular complexity index is 1170. The van der Waals surface area contributed by atoms with Crippen LogP contribution in [-0.4, -0.2) is 10.5 Å². The number of carbonyl (C=O) groups is 1. The molecule has 0 radical (unpaired) electrons. The largest absolute Gasteiger partial charge is 0.366 e. The number of carbonyl (C=O) groups excluding carboxylic acids is 1. The number of amides is 1. The highest BCUT2D eigenvalue weighted by molar-refractivity contribution is 6.17. The number of hydrogen-bond acceptors (Lipinski definition) is 1. The number of aromatic nitrogens is 1. The average molecular weight is 370 g/mol. The van der Waals surface area contributed by atoms with E-state index in [0.29, 0.717) is 5.56 Å². The number of hydrogen-bond donors (Lipinski definition) is 1. The first-order valence-corrected chi connectivity index (χ1v) is 9.97. The Balaban J connectivity index is 1.97. The van der Waals surface area contributed by atoms with Gasteiger partial charge in [0, 0.05) is 28.4 Å². The van der Waals surface area contributed by atoms with Gasteiger partial charge in [0.15, 0.2) is 0 Å². The molecule has 2 N–H and O–H groups in total. The first-order chi connectivity index (χ1) is 13.6. The lowest BCUT2D eigenvalue weighted by molar-refractivity contribution is 0.100. The van der Waals surface area contributed by atoms with Crippen molar-refractivity contribution in [1.29, 1.82) is 0 Å². The molecule has 3 heteroatoms. The number of aryl methyl sites for hydroxylation is 2. The summed E-state index contributed by atoms with van der Waals surface area (Å²) in [7, 11) is 0. The zero-order chi connectivity index (χ0) is 19.7. The summed E-state index contributed by atoms with van der Waals surface area (Å²) in [5.41, 5.74) is 12.3. The molecule has 28 heavy (non-hydrogen) atoms. The lowest BCUT2D eigenvalue weighted by Gasteiger charge is -2.10. The topological polar surface area (TPSA) is 48.0 Å². The van der Waals surface area contributed by atoms with Crippen LogP contribution in [0.25, 0.3) is 21.8 Å². The van der Waals surface area contributed by atoms with Crippen LogP contribution < -0.4 is 5.73 Å². The fourth-order valence-corrected chi connectivity index (χ4v) is 4.09. The third-order valence-electron chi connectivity index (χ3n) is 5.46. The molecule has 0 bridgehead atoms. The third kappa shape index (κ3) is 3.29. The minimum absolute atomic E-state index is 0.379. The van der Waals surface area contributed by atoms with Crippen LogP contribution in [0.2, 0.25) is 0 Å². The number of unbranched alkanes of at least 4 members (excludes halogenated alkanes) is 1. The molecular weight excluding hydrogens is 344 g/mol. The van der Waals surface area contributed by atoms with E-state index in [0.717, 1.165) is 29.3 Å². The fourth-order valence-electron chi connectivity index (χ4n) is 4.09. The Morgan fingerprint density at radius 1 is 0.964 bits per heavy atom. The fraction of sp³-hybridized carbons (Fsp3) is 0.240. The lowest BCUT2D eigenvalue weighted by Crippen LogP contribution is -2.11. The molecule has 4 rings (SSSR count). The maximum Gasteiger partial charge on any atom is 0.249 e. The van der Waals surface area contributed by atoms with E-state index < -0.39 is 0 Å². The van der Waals surface area contributed by atoms with Crippen molar-refractivity contribution < 1.29 is 4.79 Å².